The van der Waals surface area contributed by atoms with Crippen molar-refractivity contribution < 1.29 is 13.9 Å². The SMILES string of the molecule is O[C@H]1CC[C@@H](N2CC(F)(F)C2)CC1. The molecule has 0 bridgehead atoms. The van der Waals surface area contributed by atoms with Crippen LogP contribution in [0, 0.1) is 0 Å². The molecule has 0 unspecified atom stereocenters. The summed E-state index contributed by atoms with van der Waals surface area (Å²) in [5, 5.41) is 9.24. The zero-order valence-electron chi connectivity index (χ0n) is 7.55. The Kier molecular flexibility index (Phi) is 2.28. The summed E-state index contributed by atoms with van der Waals surface area (Å²) in [4.78, 5) is 1.84. The van der Waals surface area contributed by atoms with Crippen LogP contribution in [-0.4, -0.2) is 41.2 Å². The van der Waals surface area contributed by atoms with E-state index >= 15 is 0 Å². The van der Waals surface area contributed by atoms with Crippen molar-refractivity contribution in [1.82, 2.24) is 4.90 Å². The van der Waals surface area contributed by atoms with E-state index in [0.717, 1.165) is 25.7 Å². The summed E-state index contributed by atoms with van der Waals surface area (Å²) in [6.07, 6.45) is 3.09. The molecule has 1 saturated heterocycles. The minimum atomic E-state index is -2.45. The highest BCUT2D eigenvalue weighted by Gasteiger charge is 2.46. The minimum Gasteiger partial charge on any atom is -0.393 e. The number of hydrogen-bond donors (Lipinski definition) is 1. The third-order valence-corrected chi connectivity index (χ3v) is 3.05. The Hall–Kier alpha value is -0.220. The zero-order chi connectivity index (χ0) is 9.47. The van der Waals surface area contributed by atoms with Gasteiger partial charge < -0.3 is 5.11 Å². The second-order valence-electron chi connectivity index (χ2n) is 4.22. The number of alkyl halides is 2. The van der Waals surface area contributed by atoms with Gasteiger partial charge in [0.15, 0.2) is 0 Å². The fourth-order valence-corrected chi connectivity index (χ4v) is 2.23. The molecule has 4 heteroatoms. The highest BCUT2D eigenvalue weighted by Crippen LogP contribution is 2.33. The van der Waals surface area contributed by atoms with Gasteiger partial charge >= 0.3 is 0 Å². The molecule has 1 aliphatic heterocycles. The monoisotopic (exact) mass is 191 g/mol. The molecule has 1 heterocycles. The maximum atomic E-state index is 12.5. The second-order valence-corrected chi connectivity index (χ2v) is 4.22. The number of nitrogens with zero attached hydrogens (tertiary/aromatic N) is 1. The van der Waals surface area contributed by atoms with Crippen LogP contribution < -0.4 is 0 Å². The number of halogens is 2. The van der Waals surface area contributed by atoms with Crippen LogP contribution in [-0.2, 0) is 0 Å². The molecule has 0 spiro atoms. The molecule has 2 rings (SSSR count). The first-order valence-electron chi connectivity index (χ1n) is 4.87. The first-order chi connectivity index (χ1) is 6.07. The van der Waals surface area contributed by atoms with Gasteiger partial charge in [-0.05, 0) is 25.7 Å². The quantitative estimate of drug-likeness (QED) is 0.674. The summed E-state index contributed by atoms with van der Waals surface area (Å²) < 4.78 is 25.1. The van der Waals surface area contributed by atoms with Gasteiger partial charge in [-0.15, -0.1) is 0 Å². The van der Waals surface area contributed by atoms with Gasteiger partial charge in [0.1, 0.15) is 0 Å². The maximum Gasteiger partial charge on any atom is 0.272 e. The summed E-state index contributed by atoms with van der Waals surface area (Å²) in [7, 11) is 0. The third-order valence-electron chi connectivity index (χ3n) is 3.05. The fourth-order valence-electron chi connectivity index (χ4n) is 2.23. The average molecular weight is 191 g/mol. The first kappa shape index (κ1) is 9.34. The minimum absolute atomic E-state index is 0.0756. The lowest BCUT2D eigenvalue weighted by Gasteiger charge is -2.45. The number of aliphatic hydroxyl groups is 1. The molecular formula is C9H15F2NO. The molecule has 0 amide bonds. The standard InChI is InChI=1S/C9H15F2NO/c10-9(11)5-12(6-9)7-1-3-8(13)4-2-7/h7-8,13H,1-6H2/t7-,8+. The van der Waals surface area contributed by atoms with E-state index in [1.807, 2.05) is 4.90 Å². The predicted molar refractivity (Wildman–Crippen MR) is 44.8 cm³/mol. The number of hydrogen-bond acceptors (Lipinski definition) is 2. The van der Waals surface area contributed by atoms with Crippen LogP contribution in [0.25, 0.3) is 0 Å². The van der Waals surface area contributed by atoms with Gasteiger partial charge in [-0.3, -0.25) is 4.90 Å². The number of likely N-dealkylation sites (tertiary alicyclic amines) is 1. The molecule has 0 radical (unpaired) electrons. The van der Waals surface area contributed by atoms with Crippen LogP contribution in [0.5, 0.6) is 0 Å². The second kappa shape index (κ2) is 3.17. The Morgan fingerprint density at radius 3 is 2.08 bits per heavy atom. The molecule has 2 nitrogen and oxygen atoms in total. The molecule has 76 valence electrons. The van der Waals surface area contributed by atoms with Gasteiger partial charge in [0.2, 0.25) is 0 Å². The molecule has 0 atom stereocenters. The molecule has 0 aromatic rings. The average Bonchev–Trinajstić information content (AvgIpc) is 2.01. The number of rotatable bonds is 1. The van der Waals surface area contributed by atoms with E-state index in [4.69, 9.17) is 0 Å². The Morgan fingerprint density at radius 2 is 1.62 bits per heavy atom. The summed E-state index contributed by atoms with van der Waals surface area (Å²) in [5.74, 6) is -2.45. The third kappa shape index (κ3) is 1.99. The summed E-state index contributed by atoms with van der Waals surface area (Å²) >= 11 is 0. The topological polar surface area (TPSA) is 23.5 Å². The highest BCUT2D eigenvalue weighted by molar-refractivity contribution is 4.92. The number of aliphatic hydroxyl groups excluding tert-OH is 1. The van der Waals surface area contributed by atoms with Gasteiger partial charge in [-0.25, -0.2) is 8.78 Å². The molecule has 1 saturated carbocycles. The summed E-state index contributed by atoms with van der Waals surface area (Å²) in [6.45, 7) is -0.151. The molecule has 1 aliphatic carbocycles. The van der Waals surface area contributed by atoms with Gasteiger partial charge in [0, 0.05) is 6.04 Å². The predicted octanol–water partition coefficient (Wildman–Crippen LogP) is 1.24. The van der Waals surface area contributed by atoms with E-state index in [1.165, 1.54) is 0 Å². The zero-order valence-corrected chi connectivity index (χ0v) is 7.55. The van der Waals surface area contributed by atoms with E-state index < -0.39 is 5.92 Å². The normalized spacial score (nSPS) is 39.9. The van der Waals surface area contributed by atoms with Crippen LogP contribution in [0.15, 0.2) is 0 Å². The molecular weight excluding hydrogens is 176 g/mol. The van der Waals surface area contributed by atoms with Crippen molar-refractivity contribution in [2.75, 3.05) is 13.1 Å². The van der Waals surface area contributed by atoms with E-state index in [1.54, 1.807) is 0 Å². The van der Waals surface area contributed by atoms with E-state index in [0.29, 0.717) is 6.04 Å². The molecule has 2 fully saturated rings. The van der Waals surface area contributed by atoms with Crippen molar-refractivity contribution in [2.24, 2.45) is 0 Å². The van der Waals surface area contributed by atoms with E-state index in [-0.39, 0.29) is 19.2 Å². The lowest BCUT2D eigenvalue weighted by Crippen LogP contribution is -2.60. The van der Waals surface area contributed by atoms with Gasteiger partial charge in [0.05, 0.1) is 19.2 Å². The molecule has 2 aliphatic rings. The smallest absolute Gasteiger partial charge is 0.272 e. The largest absolute Gasteiger partial charge is 0.393 e. The van der Waals surface area contributed by atoms with E-state index in [2.05, 4.69) is 0 Å². The van der Waals surface area contributed by atoms with Crippen molar-refractivity contribution in [3.05, 3.63) is 0 Å². The van der Waals surface area contributed by atoms with Crippen molar-refractivity contribution in [2.45, 2.75) is 43.8 Å². The van der Waals surface area contributed by atoms with Crippen molar-refractivity contribution in [3.8, 4) is 0 Å². The van der Waals surface area contributed by atoms with Crippen molar-refractivity contribution in [1.29, 1.82) is 0 Å². The Morgan fingerprint density at radius 1 is 1.08 bits per heavy atom. The van der Waals surface area contributed by atoms with Crippen LogP contribution in [0.2, 0.25) is 0 Å². The molecule has 0 aromatic carbocycles. The van der Waals surface area contributed by atoms with Crippen LogP contribution in [0.1, 0.15) is 25.7 Å². The van der Waals surface area contributed by atoms with Gasteiger partial charge in [-0.2, -0.15) is 0 Å². The Labute approximate surface area is 76.5 Å². The van der Waals surface area contributed by atoms with Crippen molar-refractivity contribution in [3.63, 3.8) is 0 Å². The first-order valence-corrected chi connectivity index (χ1v) is 4.87. The van der Waals surface area contributed by atoms with E-state index in [9.17, 15) is 13.9 Å². The lowest BCUT2D eigenvalue weighted by molar-refractivity contribution is -0.151. The van der Waals surface area contributed by atoms with Crippen LogP contribution in [0.4, 0.5) is 8.78 Å². The molecule has 0 aromatic heterocycles. The van der Waals surface area contributed by atoms with Crippen molar-refractivity contribution >= 4 is 0 Å². The van der Waals surface area contributed by atoms with Gasteiger partial charge in [0.25, 0.3) is 5.92 Å². The van der Waals surface area contributed by atoms with Gasteiger partial charge in [-0.1, -0.05) is 0 Å². The maximum absolute atomic E-state index is 12.5. The summed E-state index contributed by atoms with van der Waals surface area (Å²) in [5.41, 5.74) is 0. The molecule has 1 N–H and O–H groups in total. The van der Waals surface area contributed by atoms with Crippen LogP contribution >= 0.6 is 0 Å². The van der Waals surface area contributed by atoms with Crippen LogP contribution in [0.3, 0.4) is 0 Å². The Balaban J connectivity index is 1.78. The Bertz CT molecular complexity index is 182. The fraction of sp³-hybridized carbons (Fsp3) is 1.00. The lowest BCUT2D eigenvalue weighted by atomic mass is 9.90. The highest BCUT2D eigenvalue weighted by atomic mass is 19.3. The molecule has 13 heavy (non-hydrogen) atoms. The summed E-state index contributed by atoms with van der Waals surface area (Å²) in [6, 6.07) is 0.294.